The van der Waals surface area contributed by atoms with E-state index < -0.39 is 16.1 Å². The summed E-state index contributed by atoms with van der Waals surface area (Å²) in [4.78, 5) is 3.98. The molecule has 0 radical (unpaired) electrons. The quantitative estimate of drug-likeness (QED) is 0.680. The van der Waals surface area contributed by atoms with Crippen LogP contribution in [0.25, 0.3) is 11.0 Å². The number of H-pyrrole nitrogens is 1. The number of aliphatic hydroxyl groups excluding tert-OH is 1. The van der Waals surface area contributed by atoms with E-state index in [9.17, 15) is 13.5 Å². The molecule has 2 rings (SSSR count). The molecule has 2 aromatic heterocycles. The Bertz CT molecular complexity index is 671. The Hall–Kier alpha value is -1.16. The maximum absolute atomic E-state index is 12.3. The van der Waals surface area contributed by atoms with E-state index in [-0.39, 0.29) is 11.6 Å². The number of hydrogen-bond acceptors (Lipinski definition) is 6. The highest BCUT2D eigenvalue weighted by molar-refractivity contribution is 7.98. The second kappa shape index (κ2) is 6.53. The molecule has 0 aromatic carbocycles. The summed E-state index contributed by atoms with van der Waals surface area (Å²) in [6.45, 7) is -0.246. The molecule has 2 heterocycles. The zero-order valence-electron chi connectivity index (χ0n) is 10.9. The summed E-state index contributed by atoms with van der Waals surface area (Å²) in [5.74, 6) is 0.763. The van der Waals surface area contributed by atoms with E-state index in [0.29, 0.717) is 17.5 Å². The van der Waals surface area contributed by atoms with Crippen molar-refractivity contribution in [3.05, 3.63) is 18.3 Å². The minimum Gasteiger partial charge on any atom is -0.395 e. The maximum atomic E-state index is 12.3. The summed E-state index contributed by atoms with van der Waals surface area (Å²) in [5.41, 5.74) is 0.345. The molecule has 7 nitrogen and oxygen atoms in total. The van der Waals surface area contributed by atoms with Gasteiger partial charge in [0.15, 0.2) is 10.7 Å². The van der Waals surface area contributed by atoms with Gasteiger partial charge in [0.2, 0.25) is 0 Å². The second-order valence-electron chi connectivity index (χ2n) is 4.21. The van der Waals surface area contributed by atoms with Crippen LogP contribution in [0.5, 0.6) is 0 Å². The number of hydrogen-bond donors (Lipinski definition) is 3. The van der Waals surface area contributed by atoms with Gasteiger partial charge in [0, 0.05) is 12.2 Å². The zero-order valence-corrected chi connectivity index (χ0v) is 12.5. The molecule has 0 aliphatic carbocycles. The van der Waals surface area contributed by atoms with Crippen LogP contribution in [0.3, 0.4) is 0 Å². The lowest BCUT2D eigenvalue weighted by Crippen LogP contribution is -2.38. The number of thioether (sulfide) groups is 1. The third-order valence-electron chi connectivity index (χ3n) is 2.78. The Morgan fingerprint density at radius 1 is 1.55 bits per heavy atom. The van der Waals surface area contributed by atoms with Gasteiger partial charge in [-0.3, -0.25) is 5.10 Å². The predicted octanol–water partition coefficient (Wildman–Crippen LogP) is 0.350. The molecule has 110 valence electrons. The van der Waals surface area contributed by atoms with Crippen molar-refractivity contribution in [2.24, 2.45) is 0 Å². The number of nitrogens with one attached hydrogen (secondary N) is 2. The molecule has 0 amide bonds. The van der Waals surface area contributed by atoms with Crippen molar-refractivity contribution in [1.29, 1.82) is 0 Å². The molecule has 0 aliphatic rings. The predicted molar refractivity (Wildman–Crippen MR) is 78.1 cm³/mol. The van der Waals surface area contributed by atoms with Gasteiger partial charge >= 0.3 is 0 Å². The summed E-state index contributed by atoms with van der Waals surface area (Å²) in [5, 5.41) is 16.0. The SMILES string of the molecule is CSCC[C@H](CO)NS(=O)(=O)c1[nH]nc2ncccc12. The van der Waals surface area contributed by atoms with E-state index in [2.05, 4.69) is 19.9 Å². The molecular formula is C11H16N4O3S2. The molecule has 0 aliphatic heterocycles. The highest BCUT2D eigenvalue weighted by Crippen LogP contribution is 2.18. The van der Waals surface area contributed by atoms with Crippen LogP contribution in [-0.4, -0.2) is 53.4 Å². The summed E-state index contributed by atoms with van der Waals surface area (Å²) >= 11 is 1.60. The summed E-state index contributed by atoms with van der Waals surface area (Å²) in [6.07, 6.45) is 4.03. The fourth-order valence-corrected chi connectivity index (χ4v) is 3.64. The van der Waals surface area contributed by atoms with Crippen LogP contribution in [0.1, 0.15) is 6.42 Å². The Morgan fingerprint density at radius 2 is 2.35 bits per heavy atom. The van der Waals surface area contributed by atoms with Crippen molar-refractivity contribution >= 4 is 32.8 Å². The smallest absolute Gasteiger partial charge is 0.258 e. The van der Waals surface area contributed by atoms with E-state index in [1.807, 2.05) is 6.26 Å². The standard InChI is InChI=1S/C11H16N4O3S2/c1-19-6-4-8(7-16)15-20(17,18)11-9-3-2-5-12-10(9)13-14-11/h2-3,5,8,15-16H,4,6-7H2,1H3,(H,12,13,14)/t8-/m1/s1. The van der Waals surface area contributed by atoms with Crippen LogP contribution >= 0.6 is 11.8 Å². The Labute approximate surface area is 121 Å². The summed E-state index contributed by atoms with van der Waals surface area (Å²) in [7, 11) is -3.76. The lowest BCUT2D eigenvalue weighted by molar-refractivity contribution is 0.254. The highest BCUT2D eigenvalue weighted by Gasteiger charge is 2.24. The first-order valence-corrected chi connectivity index (χ1v) is 8.87. The molecule has 9 heteroatoms. The van der Waals surface area contributed by atoms with Crippen molar-refractivity contribution in [2.45, 2.75) is 17.5 Å². The number of pyridine rings is 1. The molecule has 1 atom stereocenters. The molecule has 0 spiro atoms. The Kier molecular flexibility index (Phi) is 4.97. The molecule has 3 N–H and O–H groups in total. The van der Waals surface area contributed by atoms with Crippen LogP contribution in [0.4, 0.5) is 0 Å². The van der Waals surface area contributed by atoms with E-state index in [4.69, 9.17) is 0 Å². The van der Waals surface area contributed by atoms with Gasteiger partial charge in [-0.05, 0) is 30.6 Å². The van der Waals surface area contributed by atoms with Gasteiger partial charge in [-0.25, -0.2) is 18.1 Å². The van der Waals surface area contributed by atoms with Crippen molar-refractivity contribution in [1.82, 2.24) is 19.9 Å². The van der Waals surface area contributed by atoms with Gasteiger partial charge in [-0.1, -0.05) is 0 Å². The van der Waals surface area contributed by atoms with Gasteiger partial charge in [0.05, 0.1) is 12.0 Å². The number of fused-ring (bicyclic) bond motifs is 1. The maximum Gasteiger partial charge on any atom is 0.258 e. The minimum atomic E-state index is -3.76. The molecule has 0 saturated heterocycles. The van der Waals surface area contributed by atoms with E-state index in [1.165, 1.54) is 0 Å². The number of rotatable bonds is 7. The average molecular weight is 316 g/mol. The minimum absolute atomic E-state index is 0.0248. The van der Waals surface area contributed by atoms with Crippen LogP contribution < -0.4 is 4.72 Å². The topological polar surface area (TPSA) is 108 Å². The number of nitrogens with zero attached hydrogens (tertiary/aromatic N) is 2. The van der Waals surface area contributed by atoms with Gasteiger partial charge in [0.1, 0.15) is 0 Å². The number of sulfonamides is 1. The molecule has 0 saturated carbocycles. The molecule has 20 heavy (non-hydrogen) atoms. The largest absolute Gasteiger partial charge is 0.395 e. The van der Waals surface area contributed by atoms with Crippen molar-refractivity contribution in [3.8, 4) is 0 Å². The molecule has 0 bridgehead atoms. The first-order chi connectivity index (χ1) is 9.58. The van der Waals surface area contributed by atoms with E-state index >= 15 is 0 Å². The molecule has 0 unspecified atom stereocenters. The fourth-order valence-electron chi connectivity index (χ4n) is 1.76. The number of aliphatic hydroxyl groups is 1. The summed E-state index contributed by atoms with van der Waals surface area (Å²) < 4.78 is 27.1. The number of aromatic amines is 1. The van der Waals surface area contributed by atoms with Crippen LogP contribution in [0.2, 0.25) is 0 Å². The van der Waals surface area contributed by atoms with Crippen molar-refractivity contribution < 1.29 is 13.5 Å². The first-order valence-electron chi connectivity index (χ1n) is 5.99. The zero-order chi connectivity index (χ0) is 14.6. The Morgan fingerprint density at radius 3 is 3.05 bits per heavy atom. The van der Waals surface area contributed by atoms with Gasteiger partial charge in [-0.2, -0.15) is 16.9 Å². The highest BCUT2D eigenvalue weighted by atomic mass is 32.2. The van der Waals surface area contributed by atoms with Crippen molar-refractivity contribution in [2.75, 3.05) is 18.6 Å². The average Bonchev–Trinajstić information content (AvgIpc) is 2.88. The van der Waals surface area contributed by atoms with Crippen LogP contribution in [0, 0.1) is 0 Å². The molecule has 0 fully saturated rings. The first kappa shape index (κ1) is 15.2. The van der Waals surface area contributed by atoms with E-state index in [0.717, 1.165) is 5.75 Å². The van der Waals surface area contributed by atoms with Gasteiger partial charge < -0.3 is 5.11 Å². The molecule has 2 aromatic rings. The van der Waals surface area contributed by atoms with E-state index in [1.54, 1.807) is 30.1 Å². The third kappa shape index (κ3) is 3.29. The Balaban J connectivity index is 2.25. The van der Waals surface area contributed by atoms with Gasteiger partial charge in [-0.15, -0.1) is 0 Å². The van der Waals surface area contributed by atoms with Gasteiger partial charge in [0.25, 0.3) is 10.0 Å². The number of aromatic nitrogens is 3. The fraction of sp³-hybridized carbons (Fsp3) is 0.455. The second-order valence-corrected chi connectivity index (χ2v) is 6.85. The normalized spacial score (nSPS) is 13.7. The lowest BCUT2D eigenvalue weighted by atomic mass is 10.3. The van der Waals surface area contributed by atoms with Crippen LogP contribution in [-0.2, 0) is 10.0 Å². The third-order valence-corrected chi connectivity index (χ3v) is 4.91. The summed E-state index contributed by atoms with van der Waals surface area (Å²) in [6, 6.07) is 2.77. The monoisotopic (exact) mass is 316 g/mol. The molecular weight excluding hydrogens is 300 g/mol. The lowest BCUT2D eigenvalue weighted by Gasteiger charge is -2.15. The van der Waals surface area contributed by atoms with Crippen molar-refractivity contribution in [3.63, 3.8) is 0 Å². The van der Waals surface area contributed by atoms with Crippen LogP contribution in [0.15, 0.2) is 23.4 Å².